The van der Waals surface area contributed by atoms with Crippen molar-refractivity contribution in [3.05, 3.63) is 59.8 Å². The van der Waals surface area contributed by atoms with Crippen molar-refractivity contribution in [3.8, 4) is 0 Å². The Labute approximate surface area is 182 Å². The maximum atomic E-state index is 13.5. The molecule has 1 unspecified atom stereocenters. The van der Waals surface area contributed by atoms with E-state index in [0.717, 1.165) is 48.0 Å². The highest BCUT2D eigenvalue weighted by atomic mass is 16.5. The second kappa shape index (κ2) is 10.8. The van der Waals surface area contributed by atoms with Gasteiger partial charge in [-0.05, 0) is 43.4 Å². The van der Waals surface area contributed by atoms with Crippen LogP contribution < -0.4 is 0 Å². The minimum atomic E-state index is -0.439. The molecule has 0 aromatic heterocycles. The fourth-order valence-electron chi connectivity index (χ4n) is 4.58. The predicted molar refractivity (Wildman–Crippen MR) is 126 cm³/mol. The van der Waals surface area contributed by atoms with Crippen molar-refractivity contribution in [2.75, 3.05) is 20.2 Å². The zero-order chi connectivity index (χ0) is 21.4. The van der Waals surface area contributed by atoms with Gasteiger partial charge in [-0.15, -0.1) is 0 Å². The van der Waals surface area contributed by atoms with E-state index >= 15 is 0 Å². The Morgan fingerprint density at radius 2 is 1.77 bits per heavy atom. The van der Waals surface area contributed by atoms with Crippen LogP contribution in [0.2, 0.25) is 0 Å². The summed E-state index contributed by atoms with van der Waals surface area (Å²) in [7, 11) is 1.79. The van der Waals surface area contributed by atoms with Gasteiger partial charge in [-0.25, -0.2) is 0 Å². The number of hydrogen-bond donors (Lipinski definition) is 0. The number of rotatable bonds is 10. The van der Waals surface area contributed by atoms with Crippen molar-refractivity contribution in [1.29, 1.82) is 0 Å². The van der Waals surface area contributed by atoms with Crippen LogP contribution in [0.1, 0.15) is 75.6 Å². The lowest BCUT2D eigenvalue weighted by Crippen LogP contribution is -2.42. The molecule has 1 fully saturated rings. The number of ketones is 1. The first kappa shape index (κ1) is 22.6. The molecular weight excluding hydrogens is 370 g/mol. The number of methoxy groups -OCH3 is 1. The predicted octanol–water partition coefficient (Wildman–Crippen LogP) is 6.77. The van der Waals surface area contributed by atoms with Crippen molar-refractivity contribution in [2.45, 2.75) is 70.8 Å². The van der Waals surface area contributed by atoms with Crippen LogP contribution in [0.5, 0.6) is 0 Å². The summed E-state index contributed by atoms with van der Waals surface area (Å²) in [6.45, 7) is 6.40. The highest BCUT2D eigenvalue weighted by Crippen LogP contribution is 2.33. The van der Waals surface area contributed by atoms with E-state index in [-0.39, 0.29) is 5.78 Å². The molecular formula is C27H37NO2. The van der Waals surface area contributed by atoms with Gasteiger partial charge in [0, 0.05) is 37.5 Å². The number of carbonyl (C=O) groups is 1. The van der Waals surface area contributed by atoms with Crippen molar-refractivity contribution >= 4 is 16.6 Å². The van der Waals surface area contributed by atoms with Gasteiger partial charge in [0.15, 0.2) is 5.78 Å². The molecule has 162 valence electrons. The van der Waals surface area contributed by atoms with Crippen molar-refractivity contribution in [2.24, 2.45) is 0 Å². The monoisotopic (exact) mass is 407 g/mol. The highest BCUT2D eigenvalue weighted by molar-refractivity contribution is 6.13. The van der Waals surface area contributed by atoms with Gasteiger partial charge in [-0.1, -0.05) is 75.1 Å². The first-order chi connectivity index (χ1) is 14.6. The Morgan fingerprint density at radius 3 is 2.50 bits per heavy atom. The normalized spacial score (nSPS) is 17.2. The summed E-state index contributed by atoms with van der Waals surface area (Å²) in [6.07, 6.45) is 11.2. The van der Waals surface area contributed by atoms with Gasteiger partial charge in [0.25, 0.3) is 0 Å². The molecule has 2 aromatic rings. The van der Waals surface area contributed by atoms with Gasteiger partial charge in [-0.2, -0.15) is 0 Å². The fourth-order valence-corrected chi connectivity index (χ4v) is 4.58. The smallest absolute Gasteiger partial charge is 0.188 e. The number of likely N-dealkylation sites (tertiary alicyclic amines) is 1. The third kappa shape index (κ3) is 5.31. The minimum Gasteiger partial charge on any atom is -0.372 e. The fraction of sp³-hybridized carbons (Fsp3) is 0.519. The van der Waals surface area contributed by atoms with Crippen LogP contribution in [0.4, 0.5) is 0 Å². The first-order valence-electron chi connectivity index (χ1n) is 11.6. The van der Waals surface area contributed by atoms with E-state index in [1.54, 1.807) is 7.11 Å². The molecule has 0 radical (unpaired) electrons. The Hall–Kier alpha value is -2.13. The second-order valence-corrected chi connectivity index (χ2v) is 8.71. The number of hydrogen-bond acceptors (Lipinski definition) is 3. The molecule has 1 saturated heterocycles. The number of carbonyl (C=O) groups excluding carboxylic acids is 1. The molecule has 1 aliphatic rings. The lowest BCUT2D eigenvalue weighted by molar-refractivity contribution is 0.00211. The van der Waals surface area contributed by atoms with Crippen LogP contribution in [0, 0.1) is 0 Å². The molecule has 0 saturated carbocycles. The van der Waals surface area contributed by atoms with E-state index in [1.165, 1.54) is 38.5 Å². The van der Waals surface area contributed by atoms with E-state index in [2.05, 4.69) is 30.9 Å². The van der Waals surface area contributed by atoms with Gasteiger partial charge >= 0.3 is 0 Å². The van der Waals surface area contributed by atoms with Crippen LogP contribution in [0.25, 0.3) is 10.8 Å². The lowest BCUT2D eigenvalue weighted by atomic mass is 9.90. The van der Waals surface area contributed by atoms with Crippen LogP contribution in [-0.4, -0.2) is 36.5 Å². The Balaban J connectivity index is 1.95. The Kier molecular flexibility index (Phi) is 8.09. The summed E-state index contributed by atoms with van der Waals surface area (Å²) in [5, 5.41) is 2.12. The average molecular weight is 408 g/mol. The van der Waals surface area contributed by atoms with E-state index in [9.17, 15) is 4.79 Å². The Bertz CT molecular complexity index is 861. The average Bonchev–Trinajstić information content (AvgIpc) is 2.80. The van der Waals surface area contributed by atoms with Crippen molar-refractivity contribution < 1.29 is 9.53 Å². The quantitative estimate of drug-likeness (QED) is 0.247. The molecule has 0 aliphatic carbocycles. The molecule has 0 spiro atoms. The van der Waals surface area contributed by atoms with Crippen LogP contribution in [0.3, 0.4) is 0 Å². The molecule has 3 nitrogen and oxygen atoms in total. The summed E-state index contributed by atoms with van der Waals surface area (Å²) < 4.78 is 6.10. The molecule has 1 aliphatic heterocycles. The number of nitrogens with zero attached hydrogens (tertiary/aromatic N) is 1. The summed E-state index contributed by atoms with van der Waals surface area (Å²) in [5.41, 5.74) is 1.39. The van der Waals surface area contributed by atoms with E-state index < -0.39 is 5.60 Å². The number of unbranched alkanes of at least 4 members (excludes halogenated alkanes) is 3. The molecule has 30 heavy (non-hydrogen) atoms. The minimum absolute atomic E-state index is 0.0733. The third-order valence-corrected chi connectivity index (χ3v) is 6.52. The summed E-state index contributed by atoms with van der Waals surface area (Å²) in [6, 6.07) is 14.1. The maximum absolute atomic E-state index is 13.5. The van der Waals surface area contributed by atoms with Gasteiger partial charge in [0.05, 0.1) is 0 Å². The number of ether oxygens (including phenoxy) is 1. The Morgan fingerprint density at radius 1 is 1.03 bits per heavy atom. The molecule has 3 heteroatoms. The highest BCUT2D eigenvalue weighted by Gasteiger charge is 2.33. The number of allylic oxidation sites excluding steroid dienone is 1. The zero-order valence-electron chi connectivity index (χ0n) is 19.0. The molecule has 1 heterocycles. The molecule has 0 N–H and O–H groups in total. The maximum Gasteiger partial charge on any atom is 0.188 e. The van der Waals surface area contributed by atoms with Crippen LogP contribution in [0.15, 0.2) is 54.2 Å². The van der Waals surface area contributed by atoms with E-state index in [1.807, 2.05) is 36.4 Å². The van der Waals surface area contributed by atoms with E-state index in [0.29, 0.717) is 0 Å². The molecule has 3 rings (SSSR count). The van der Waals surface area contributed by atoms with Crippen LogP contribution in [-0.2, 0) is 4.74 Å². The SMILES string of the molecule is CCCCCCC(C)(OC)C(=CC(=O)c1cccc2ccccc12)N1CCCCC1. The first-order valence-corrected chi connectivity index (χ1v) is 11.6. The topological polar surface area (TPSA) is 29.5 Å². The lowest BCUT2D eigenvalue weighted by Gasteiger charge is -2.40. The molecule has 1 atom stereocenters. The molecule has 0 bridgehead atoms. The zero-order valence-corrected chi connectivity index (χ0v) is 19.0. The van der Waals surface area contributed by atoms with Crippen LogP contribution >= 0.6 is 0 Å². The summed E-state index contributed by atoms with van der Waals surface area (Å²) in [5.74, 6) is 0.0733. The standard InChI is InChI=1S/C27H37NO2/c1-4-5-6-10-18-27(2,30-3)26(28-19-11-7-12-20-28)21-25(29)24-17-13-15-22-14-8-9-16-23(22)24/h8-9,13-17,21H,4-7,10-12,18-20H2,1-3H3. The second-order valence-electron chi connectivity index (χ2n) is 8.71. The number of fused-ring (bicyclic) bond motifs is 1. The van der Waals surface area contributed by atoms with E-state index in [4.69, 9.17) is 4.74 Å². The van der Waals surface area contributed by atoms with Gasteiger partial charge in [0.1, 0.15) is 5.60 Å². The van der Waals surface area contributed by atoms with Crippen molar-refractivity contribution in [1.82, 2.24) is 4.90 Å². The van der Waals surface area contributed by atoms with Crippen molar-refractivity contribution in [3.63, 3.8) is 0 Å². The molecule has 2 aromatic carbocycles. The largest absolute Gasteiger partial charge is 0.372 e. The third-order valence-electron chi connectivity index (χ3n) is 6.52. The summed E-state index contributed by atoms with van der Waals surface area (Å²) in [4.78, 5) is 15.9. The summed E-state index contributed by atoms with van der Waals surface area (Å²) >= 11 is 0. The van der Waals surface area contributed by atoms with Gasteiger partial charge in [0.2, 0.25) is 0 Å². The number of benzene rings is 2. The van der Waals surface area contributed by atoms with Gasteiger partial charge in [-0.3, -0.25) is 4.79 Å². The molecule has 0 amide bonds. The van der Waals surface area contributed by atoms with Gasteiger partial charge < -0.3 is 9.64 Å². The number of piperidine rings is 1.